The van der Waals surface area contributed by atoms with Crippen LogP contribution in [0.1, 0.15) is 37.3 Å². The summed E-state index contributed by atoms with van der Waals surface area (Å²) in [7, 11) is -2.08. The molecule has 3 rings (SSSR count). The van der Waals surface area contributed by atoms with Crippen LogP contribution in [0.5, 0.6) is 5.75 Å². The van der Waals surface area contributed by atoms with Crippen LogP contribution in [0.3, 0.4) is 0 Å². The summed E-state index contributed by atoms with van der Waals surface area (Å²) in [6.07, 6.45) is 3.58. The van der Waals surface area contributed by atoms with Crippen molar-refractivity contribution in [3.63, 3.8) is 0 Å². The fraction of sp³-hybridized carbons (Fsp3) is 0.368. The van der Waals surface area contributed by atoms with Crippen LogP contribution in [0.2, 0.25) is 0 Å². The molecule has 2 aromatic rings. The highest BCUT2D eigenvalue weighted by Gasteiger charge is 2.33. The zero-order valence-electron chi connectivity index (χ0n) is 14.2. The quantitative estimate of drug-likeness (QED) is 0.820. The molecule has 0 spiro atoms. The number of halogens is 1. The van der Waals surface area contributed by atoms with E-state index in [1.807, 2.05) is 24.3 Å². The second-order valence-electron chi connectivity index (χ2n) is 6.21. The zero-order chi connectivity index (χ0) is 17.9. The summed E-state index contributed by atoms with van der Waals surface area (Å²) in [6.45, 7) is 0.469. The van der Waals surface area contributed by atoms with E-state index in [9.17, 15) is 12.8 Å². The minimum atomic E-state index is -3.68. The lowest BCUT2D eigenvalue weighted by molar-refractivity contribution is 0.328. The Bertz CT molecular complexity index is 804. The highest BCUT2D eigenvalue weighted by molar-refractivity contribution is 7.89. The topological polar surface area (TPSA) is 46.6 Å². The molecule has 0 amide bonds. The van der Waals surface area contributed by atoms with Gasteiger partial charge in [0.2, 0.25) is 10.0 Å². The predicted octanol–water partition coefficient (Wildman–Crippen LogP) is 4.14. The molecule has 4 nitrogen and oxygen atoms in total. The lowest BCUT2D eigenvalue weighted by atomic mass is 10.0. The lowest BCUT2D eigenvalue weighted by Gasteiger charge is -2.29. The molecule has 0 bridgehead atoms. The summed E-state index contributed by atoms with van der Waals surface area (Å²) in [5, 5.41) is 0. The van der Waals surface area contributed by atoms with E-state index in [1.54, 1.807) is 11.4 Å². The Hall–Kier alpha value is -1.92. The van der Waals surface area contributed by atoms with E-state index in [-0.39, 0.29) is 10.9 Å². The van der Waals surface area contributed by atoms with Crippen molar-refractivity contribution in [2.45, 2.75) is 36.6 Å². The number of hydrogen-bond acceptors (Lipinski definition) is 3. The van der Waals surface area contributed by atoms with Crippen LogP contribution in [0.25, 0.3) is 0 Å². The predicted molar refractivity (Wildman–Crippen MR) is 94.5 cm³/mol. The molecular weight excluding hydrogens is 341 g/mol. The molecule has 1 aliphatic rings. The van der Waals surface area contributed by atoms with Gasteiger partial charge in [0.1, 0.15) is 11.6 Å². The van der Waals surface area contributed by atoms with Crippen molar-refractivity contribution in [3.05, 3.63) is 59.9 Å². The summed E-state index contributed by atoms with van der Waals surface area (Å²) in [5.41, 5.74) is 0.952. The SMILES string of the molecule is COc1ccc([C@@H]2CCCCCN2S(=O)(=O)c2ccc(F)cc2)cc1. The first-order valence-electron chi connectivity index (χ1n) is 8.44. The van der Waals surface area contributed by atoms with Gasteiger partial charge in [0, 0.05) is 6.54 Å². The Kier molecular flexibility index (Phi) is 5.39. The van der Waals surface area contributed by atoms with Gasteiger partial charge in [0.25, 0.3) is 0 Å². The summed E-state index contributed by atoms with van der Waals surface area (Å²) in [6, 6.07) is 12.4. The lowest BCUT2D eigenvalue weighted by Crippen LogP contribution is -2.34. The van der Waals surface area contributed by atoms with Gasteiger partial charge in [-0.2, -0.15) is 4.31 Å². The molecule has 0 saturated carbocycles. The van der Waals surface area contributed by atoms with Gasteiger partial charge in [-0.15, -0.1) is 0 Å². The minimum absolute atomic E-state index is 0.134. The Morgan fingerprint density at radius 3 is 2.32 bits per heavy atom. The molecule has 2 aromatic carbocycles. The van der Waals surface area contributed by atoms with Gasteiger partial charge in [0.15, 0.2) is 0 Å². The van der Waals surface area contributed by atoms with Crippen molar-refractivity contribution < 1.29 is 17.5 Å². The van der Waals surface area contributed by atoms with Crippen molar-refractivity contribution in [1.29, 1.82) is 0 Å². The first-order valence-corrected chi connectivity index (χ1v) is 9.88. The number of nitrogens with zero attached hydrogens (tertiary/aromatic N) is 1. The van der Waals surface area contributed by atoms with Crippen molar-refractivity contribution in [1.82, 2.24) is 4.31 Å². The monoisotopic (exact) mass is 363 g/mol. The molecule has 0 aliphatic carbocycles. The molecule has 1 saturated heterocycles. The van der Waals surface area contributed by atoms with E-state index < -0.39 is 15.8 Å². The van der Waals surface area contributed by atoms with Crippen LogP contribution in [-0.2, 0) is 10.0 Å². The Morgan fingerprint density at radius 2 is 1.68 bits per heavy atom. The zero-order valence-corrected chi connectivity index (χ0v) is 15.0. The minimum Gasteiger partial charge on any atom is -0.497 e. The maximum atomic E-state index is 13.2. The highest BCUT2D eigenvalue weighted by atomic mass is 32.2. The smallest absolute Gasteiger partial charge is 0.243 e. The standard InChI is InChI=1S/C19H22FNO3S/c1-24-17-10-6-15(7-11-17)19-5-3-2-4-14-21(19)25(22,23)18-12-8-16(20)9-13-18/h6-13,19H,2-5,14H2,1H3/t19-/m0/s1. The van der Waals surface area contributed by atoms with Gasteiger partial charge in [-0.25, -0.2) is 12.8 Å². The molecular formula is C19H22FNO3S. The van der Waals surface area contributed by atoms with E-state index in [4.69, 9.17) is 4.74 Å². The van der Waals surface area contributed by atoms with E-state index in [1.165, 1.54) is 24.3 Å². The van der Waals surface area contributed by atoms with Gasteiger partial charge < -0.3 is 4.74 Å². The molecule has 1 fully saturated rings. The fourth-order valence-corrected chi connectivity index (χ4v) is 4.95. The van der Waals surface area contributed by atoms with Gasteiger partial charge in [-0.05, 0) is 54.8 Å². The third-order valence-electron chi connectivity index (χ3n) is 4.62. The number of hydrogen-bond donors (Lipinski definition) is 0. The fourth-order valence-electron chi connectivity index (χ4n) is 3.27. The number of ether oxygens (including phenoxy) is 1. The van der Waals surface area contributed by atoms with E-state index in [2.05, 4.69) is 0 Å². The number of methoxy groups -OCH3 is 1. The molecule has 6 heteroatoms. The van der Waals surface area contributed by atoms with Gasteiger partial charge in [-0.3, -0.25) is 0 Å². The Morgan fingerprint density at radius 1 is 1.00 bits per heavy atom. The highest BCUT2D eigenvalue weighted by Crippen LogP contribution is 2.35. The Labute approximate surface area is 148 Å². The normalized spacial score (nSPS) is 19.4. The largest absolute Gasteiger partial charge is 0.497 e. The van der Waals surface area contributed by atoms with Crippen LogP contribution in [0.4, 0.5) is 4.39 Å². The van der Waals surface area contributed by atoms with Crippen molar-refractivity contribution in [2.75, 3.05) is 13.7 Å². The van der Waals surface area contributed by atoms with E-state index in [0.29, 0.717) is 6.54 Å². The van der Waals surface area contributed by atoms with Crippen LogP contribution < -0.4 is 4.74 Å². The molecule has 1 aliphatic heterocycles. The number of rotatable bonds is 4. The van der Waals surface area contributed by atoms with Crippen LogP contribution in [-0.4, -0.2) is 26.4 Å². The Balaban J connectivity index is 1.98. The summed E-state index contributed by atoms with van der Waals surface area (Å²) in [5.74, 6) is 0.298. The summed E-state index contributed by atoms with van der Waals surface area (Å²) in [4.78, 5) is 0.134. The van der Waals surface area contributed by atoms with Gasteiger partial charge in [0.05, 0.1) is 18.0 Å². The molecule has 0 unspecified atom stereocenters. The molecule has 1 atom stereocenters. The molecule has 0 N–H and O–H groups in total. The molecule has 25 heavy (non-hydrogen) atoms. The first-order chi connectivity index (χ1) is 12.0. The van der Waals surface area contributed by atoms with Crippen LogP contribution in [0, 0.1) is 5.82 Å². The average Bonchev–Trinajstić information content (AvgIpc) is 2.89. The second-order valence-corrected chi connectivity index (χ2v) is 8.10. The molecule has 0 radical (unpaired) electrons. The van der Waals surface area contributed by atoms with Crippen molar-refractivity contribution in [2.24, 2.45) is 0 Å². The molecule has 0 aromatic heterocycles. The van der Waals surface area contributed by atoms with Crippen molar-refractivity contribution in [3.8, 4) is 5.75 Å². The van der Waals surface area contributed by atoms with Crippen molar-refractivity contribution >= 4 is 10.0 Å². The first kappa shape index (κ1) is 17.9. The summed E-state index contributed by atoms with van der Waals surface area (Å²) >= 11 is 0. The maximum absolute atomic E-state index is 13.2. The average molecular weight is 363 g/mol. The maximum Gasteiger partial charge on any atom is 0.243 e. The van der Waals surface area contributed by atoms with Crippen LogP contribution >= 0.6 is 0 Å². The third-order valence-corrected chi connectivity index (χ3v) is 6.55. The number of benzene rings is 2. The third kappa shape index (κ3) is 3.85. The van der Waals surface area contributed by atoms with E-state index in [0.717, 1.165) is 37.0 Å². The molecule has 134 valence electrons. The molecule has 1 heterocycles. The number of sulfonamides is 1. The van der Waals surface area contributed by atoms with Crippen LogP contribution in [0.15, 0.2) is 53.4 Å². The second kappa shape index (κ2) is 7.54. The van der Waals surface area contributed by atoms with E-state index >= 15 is 0 Å². The van der Waals surface area contributed by atoms with Gasteiger partial charge in [-0.1, -0.05) is 25.0 Å². The van der Waals surface area contributed by atoms with Gasteiger partial charge >= 0.3 is 0 Å². The summed E-state index contributed by atoms with van der Waals surface area (Å²) < 4.78 is 46.2.